The Morgan fingerprint density at radius 1 is 1.44 bits per heavy atom. The lowest BCUT2D eigenvalue weighted by molar-refractivity contribution is 0.0220. The second-order valence-corrected chi connectivity index (χ2v) is 8.67. The molecule has 0 bridgehead atoms. The van der Waals surface area contributed by atoms with Gasteiger partial charge < -0.3 is 18.6 Å². The van der Waals surface area contributed by atoms with Gasteiger partial charge in [-0.3, -0.25) is 4.79 Å². The lowest BCUT2D eigenvalue weighted by atomic mass is 10.1. The van der Waals surface area contributed by atoms with Crippen molar-refractivity contribution in [2.24, 2.45) is 0 Å². The molecular formula is C18H23N3O5S. The van der Waals surface area contributed by atoms with Gasteiger partial charge in [0.15, 0.2) is 0 Å². The number of ether oxygens (including phenoxy) is 1. The lowest BCUT2D eigenvalue weighted by Gasteiger charge is -2.30. The lowest BCUT2D eigenvalue weighted by Crippen LogP contribution is -2.44. The number of carbonyl (C=O) groups excluding carboxylic acids is 1. The molecule has 1 atom stereocenters. The second-order valence-electron chi connectivity index (χ2n) is 7.40. The average molecular weight is 393 g/mol. The summed E-state index contributed by atoms with van der Waals surface area (Å²) in [5.74, 6) is 0.561. The summed E-state index contributed by atoms with van der Waals surface area (Å²) in [5, 5.41) is 0.209. The van der Waals surface area contributed by atoms with Crippen LogP contribution in [0.1, 0.15) is 37.8 Å². The molecule has 9 heteroatoms. The number of nitrogens with zero attached hydrogens (tertiary/aromatic N) is 3. The zero-order chi connectivity index (χ0) is 19.8. The van der Waals surface area contributed by atoms with Crippen LogP contribution >= 0.6 is 0 Å². The highest BCUT2D eigenvalue weighted by Gasteiger charge is 2.31. The van der Waals surface area contributed by atoms with Crippen LogP contribution in [0.2, 0.25) is 0 Å². The second kappa shape index (κ2) is 7.40. The fourth-order valence-corrected chi connectivity index (χ4v) is 3.59. The molecule has 3 heterocycles. The molecule has 0 radical (unpaired) electrons. The van der Waals surface area contributed by atoms with E-state index in [4.69, 9.17) is 9.15 Å². The van der Waals surface area contributed by atoms with E-state index in [1.165, 1.54) is 22.0 Å². The van der Waals surface area contributed by atoms with E-state index in [9.17, 15) is 14.1 Å². The van der Waals surface area contributed by atoms with E-state index in [0.29, 0.717) is 30.0 Å². The first-order valence-electron chi connectivity index (χ1n) is 8.62. The molecule has 1 aliphatic rings. The van der Waals surface area contributed by atoms with Crippen LogP contribution < -0.4 is 5.56 Å². The molecule has 8 nitrogen and oxygen atoms in total. The van der Waals surface area contributed by atoms with Gasteiger partial charge in [0.1, 0.15) is 17.6 Å². The van der Waals surface area contributed by atoms with Crippen molar-refractivity contribution in [3.63, 3.8) is 0 Å². The van der Waals surface area contributed by atoms with E-state index < -0.39 is 22.9 Å². The van der Waals surface area contributed by atoms with Crippen LogP contribution in [0, 0.1) is 0 Å². The number of hydrogen-bond donors (Lipinski definition) is 0. The van der Waals surface area contributed by atoms with Crippen LogP contribution in [0.3, 0.4) is 0 Å². The molecule has 27 heavy (non-hydrogen) atoms. The third-order valence-corrected chi connectivity index (χ3v) is 4.91. The molecular weight excluding hydrogens is 370 g/mol. The van der Waals surface area contributed by atoms with Gasteiger partial charge in [-0.25, -0.2) is 9.36 Å². The molecule has 2 aromatic rings. The van der Waals surface area contributed by atoms with Gasteiger partial charge >= 0.3 is 11.2 Å². The van der Waals surface area contributed by atoms with Gasteiger partial charge in [-0.15, -0.1) is 0 Å². The number of furan rings is 1. The molecule has 0 aromatic carbocycles. The first-order chi connectivity index (χ1) is 12.7. The van der Waals surface area contributed by atoms with Gasteiger partial charge in [-0.05, 0) is 32.9 Å². The van der Waals surface area contributed by atoms with E-state index in [-0.39, 0.29) is 23.8 Å². The first kappa shape index (κ1) is 19.5. The minimum absolute atomic E-state index is 0.116. The minimum Gasteiger partial charge on any atom is -0.609 e. The van der Waals surface area contributed by atoms with Gasteiger partial charge in [-0.2, -0.15) is 4.98 Å². The monoisotopic (exact) mass is 393 g/mol. The third-order valence-electron chi connectivity index (χ3n) is 4.08. The van der Waals surface area contributed by atoms with Crippen molar-refractivity contribution in [3.05, 3.63) is 45.8 Å². The number of rotatable bonds is 3. The third kappa shape index (κ3) is 4.36. The van der Waals surface area contributed by atoms with E-state index in [0.717, 1.165) is 0 Å². The molecule has 0 fully saturated rings. The van der Waals surface area contributed by atoms with E-state index in [2.05, 4.69) is 4.98 Å². The Bertz CT molecular complexity index is 884. The van der Waals surface area contributed by atoms with Crippen molar-refractivity contribution in [2.75, 3.05) is 12.8 Å². The van der Waals surface area contributed by atoms with Crippen molar-refractivity contribution in [1.29, 1.82) is 0 Å². The summed E-state index contributed by atoms with van der Waals surface area (Å²) < 4.78 is 24.2. The van der Waals surface area contributed by atoms with E-state index in [1.807, 2.05) is 0 Å². The topological polar surface area (TPSA) is 101 Å². The number of hydrogen-bond acceptors (Lipinski definition) is 6. The SMILES string of the molecule is C[S+]([O-])c1nc2c(c(=O)n1Cc1ccco1)CN(C(=O)OC(C)(C)C)CC2. The Hall–Kier alpha value is -2.26. The van der Waals surface area contributed by atoms with Crippen molar-refractivity contribution in [2.45, 2.75) is 51.0 Å². The number of carbonyl (C=O) groups is 1. The molecule has 3 rings (SSSR count). The predicted octanol–water partition coefficient (Wildman–Crippen LogP) is 1.92. The summed E-state index contributed by atoms with van der Waals surface area (Å²) >= 11 is -1.44. The predicted molar refractivity (Wildman–Crippen MR) is 99.0 cm³/mol. The van der Waals surface area contributed by atoms with Crippen LogP contribution in [0.25, 0.3) is 0 Å². The fraction of sp³-hybridized carbons (Fsp3) is 0.500. The van der Waals surface area contributed by atoms with Crippen LogP contribution in [0.4, 0.5) is 4.79 Å². The molecule has 0 spiro atoms. The zero-order valence-electron chi connectivity index (χ0n) is 15.9. The molecule has 1 amide bonds. The van der Waals surface area contributed by atoms with Crippen molar-refractivity contribution < 1.29 is 18.5 Å². The highest BCUT2D eigenvalue weighted by Crippen LogP contribution is 2.20. The van der Waals surface area contributed by atoms with Gasteiger partial charge in [0.2, 0.25) is 0 Å². The van der Waals surface area contributed by atoms with Crippen molar-refractivity contribution >= 4 is 17.3 Å². The van der Waals surface area contributed by atoms with Gasteiger partial charge in [0, 0.05) is 24.1 Å². The minimum atomic E-state index is -1.44. The summed E-state index contributed by atoms with van der Waals surface area (Å²) in [6.07, 6.45) is 2.95. The standard InChI is InChI=1S/C18H23N3O5S/c1-18(2,3)26-17(23)20-8-7-14-13(11-20)15(22)21(16(19-14)27(4)24)10-12-6-5-9-25-12/h5-6,9H,7-8,10-11H2,1-4H3. The van der Waals surface area contributed by atoms with E-state index in [1.54, 1.807) is 32.9 Å². The van der Waals surface area contributed by atoms with Gasteiger partial charge in [0.25, 0.3) is 5.56 Å². The molecule has 1 aliphatic heterocycles. The van der Waals surface area contributed by atoms with Gasteiger partial charge in [-0.1, -0.05) is 0 Å². The number of fused-ring (bicyclic) bond motifs is 1. The smallest absolute Gasteiger partial charge is 0.410 e. The summed E-state index contributed by atoms with van der Waals surface area (Å²) in [6, 6.07) is 3.46. The summed E-state index contributed by atoms with van der Waals surface area (Å²) in [4.78, 5) is 31.4. The van der Waals surface area contributed by atoms with Crippen molar-refractivity contribution in [3.8, 4) is 0 Å². The maximum atomic E-state index is 13.1. The Kier molecular flexibility index (Phi) is 5.34. The van der Waals surface area contributed by atoms with Crippen LogP contribution in [0.5, 0.6) is 0 Å². The molecule has 1 unspecified atom stereocenters. The van der Waals surface area contributed by atoms with E-state index >= 15 is 0 Å². The molecule has 0 N–H and O–H groups in total. The highest BCUT2D eigenvalue weighted by molar-refractivity contribution is 7.90. The van der Waals surface area contributed by atoms with Gasteiger partial charge in [0.05, 0.1) is 30.6 Å². The summed E-state index contributed by atoms with van der Waals surface area (Å²) in [7, 11) is 0. The fourth-order valence-electron chi connectivity index (χ4n) is 2.89. The number of amides is 1. The Morgan fingerprint density at radius 2 is 2.19 bits per heavy atom. The molecule has 0 saturated carbocycles. The molecule has 146 valence electrons. The average Bonchev–Trinajstić information content (AvgIpc) is 3.08. The maximum Gasteiger partial charge on any atom is 0.410 e. The highest BCUT2D eigenvalue weighted by atomic mass is 32.2. The summed E-state index contributed by atoms with van der Waals surface area (Å²) in [5.41, 5.74) is 0.0846. The first-order valence-corrected chi connectivity index (χ1v) is 10.2. The zero-order valence-corrected chi connectivity index (χ0v) is 16.7. The maximum absolute atomic E-state index is 13.1. The van der Waals surface area contributed by atoms with Crippen LogP contribution in [-0.2, 0) is 35.4 Å². The normalized spacial score (nSPS) is 15.4. The quantitative estimate of drug-likeness (QED) is 0.583. The number of aromatic nitrogens is 2. The Balaban J connectivity index is 1.96. The van der Waals surface area contributed by atoms with Crippen LogP contribution in [0.15, 0.2) is 32.8 Å². The molecule has 0 aliphatic carbocycles. The van der Waals surface area contributed by atoms with Crippen LogP contribution in [-0.4, -0.2) is 43.5 Å². The molecule has 2 aromatic heterocycles. The largest absolute Gasteiger partial charge is 0.609 e. The summed E-state index contributed by atoms with van der Waals surface area (Å²) in [6.45, 7) is 6.03. The van der Waals surface area contributed by atoms with Crippen molar-refractivity contribution in [1.82, 2.24) is 14.5 Å². The Morgan fingerprint density at radius 3 is 2.78 bits per heavy atom. The molecule has 0 saturated heterocycles. The Labute approximate surface area is 160 Å².